The van der Waals surface area contributed by atoms with Gasteiger partial charge >= 0.3 is 0 Å². The summed E-state index contributed by atoms with van der Waals surface area (Å²) in [6.45, 7) is 5.15. The maximum absolute atomic E-state index is 4.62. The molecule has 0 aromatic carbocycles. The van der Waals surface area contributed by atoms with Crippen LogP contribution in [0.1, 0.15) is 18.3 Å². The van der Waals surface area contributed by atoms with E-state index in [1.54, 1.807) is 0 Å². The van der Waals surface area contributed by atoms with E-state index in [-0.39, 0.29) is 0 Å². The van der Waals surface area contributed by atoms with E-state index in [2.05, 4.69) is 47.3 Å². The zero-order valence-corrected chi connectivity index (χ0v) is 12.2. The molecule has 5 heteroatoms. The van der Waals surface area contributed by atoms with Gasteiger partial charge in [0, 0.05) is 38.4 Å². The van der Waals surface area contributed by atoms with Crippen molar-refractivity contribution in [2.24, 2.45) is 0 Å². The summed E-state index contributed by atoms with van der Waals surface area (Å²) in [6.07, 6.45) is 2.98. The van der Waals surface area contributed by atoms with Gasteiger partial charge in [-0.15, -0.1) is 0 Å². The summed E-state index contributed by atoms with van der Waals surface area (Å²) in [7, 11) is 3.99. The molecular weight excluding hydrogens is 232 g/mol. The number of anilines is 2. The van der Waals surface area contributed by atoms with Crippen LogP contribution in [0.25, 0.3) is 0 Å². The van der Waals surface area contributed by atoms with Crippen molar-refractivity contribution in [1.82, 2.24) is 9.97 Å². The van der Waals surface area contributed by atoms with Crippen molar-refractivity contribution in [3.8, 4) is 0 Å². The molecule has 17 heavy (non-hydrogen) atoms. The highest BCUT2D eigenvalue weighted by atomic mass is 32.2. The quantitative estimate of drug-likeness (QED) is 0.843. The van der Waals surface area contributed by atoms with Gasteiger partial charge in [0.1, 0.15) is 17.5 Å². The van der Waals surface area contributed by atoms with Crippen LogP contribution in [-0.4, -0.2) is 42.6 Å². The molecule has 0 amide bonds. The van der Waals surface area contributed by atoms with E-state index in [1.807, 2.05) is 18.8 Å². The Hall–Kier alpha value is -0.970. The number of thioether (sulfide) groups is 1. The lowest BCUT2D eigenvalue weighted by Gasteiger charge is -2.21. The molecule has 1 N–H and O–H groups in total. The highest BCUT2D eigenvalue weighted by Gasteiger charge is 2.12. The predicted molar refractivity (Wildman–Crippen MR) is 77.3 cm³/mol. The number of hydrogen-bond acceptors (Lipinski definition) is 5. The van der Waals surface area contributed by atoms with Crippen molar-refractivity contribution < 1.29 is 0 Å². The molecule has 4 nitrogen and oxygen atoms in total. The molecule has 0 aliphatic heterocycles. The summed E-state index contributed by atoms with van der Waals surface area (Å²) < 4.78 is 0. The van der Waals surface area contributed by atoms with E-state index in [1.165, 1.54) is 0 Å². The summed E-state index contributed by atoms with van der Waals surface area (Å²) in [6, 6.07) is 0. The summed E-state index contributed by atoms with van der Waals surface area (Å²) in [5, 5.41) is 3.14. The molecule has 0 spiro atoms. The van der Waals surface area contributed by atoms with Gasteiger partial charge in [-0.25, -0.2) is 9.97 Å². The largest absolute Gasteiger partial charge is 0.373 e. The van der Waals surface area contributed by atoms with Gasteiger partial charge in [-0.05, 0) is 13.2 Å². The zero-order valence-electron chi connectivity index (χ0n) is 11.4. The van der Waals surface area contributed by atoms with E-state index in [9.17, 15) is 0 Å². The van der Waals surface area contributed by atoms with Crippen LogP contribution in [0.2, 0.25) is 0 Å². The third-order valence-electron chi connectivity index (χ3n) is 2.71. The maximum atomic E-state index is 4.62. The molecule has 0 unspecified atom stereocenters. The minimum Gasteiger partial charge on any atom is -0.373 e. The van der Waals surface area contributed by atoms with Crippen LogP contribution in [-0.2, 0) is 6.42 Å². The minimum atomic E-state index is 0.859. The fourth-order valence-corrected chi connectivity index (χ4v) is 2.11. The van der Waals surface area contributed by atoms with Crippen molar-refractivity contribution in [2.75, 3.05) is 42.9 Å². The Morgan fingerprint density at radius 1 is 1.35 bits per heavy atom. The van der Waals surface area contributed by atoms with Gasteiger partial charge in [-0.2, -0.15) is 11.8 Å². The van der Waals surface area contributed by atoms with Crippen LogP contribution in [0.5, 0.6) is 0 Å². The fourth-order valence-electron chi connectivity index (χ4n) is 1.66. The molecule has 0 aliphatic carbocycles. The average Bonchev–Trinajstić information content (AvgIpc) is 2.36. The van der Waals surface area contributed by atoms with E-state index in [0.29, 0.717) is 0 Å². The van der Waals surface area contributed by atoms with Gasteiger partial charge in [0.25, 0.3) is 0 Å². The second-order valence-corrected chi connectivity index (χ2v) is 4.94. The molecule has 0 bridgehead atoms. The van der Waals surface area contributed by atoms with Crippen LogP contribution < -0.4 is 10.2 Å². The Morgan fingerprint density at radius 3 is 2.59 bits per heavy atom. The first-order valence-corrected chi connectivity index (χ1v) is 7.28. The van der Waals surface area contributed by atoms with Gasteiger partial charge in [0.2, 0.25) is 0 Å². The van der Waals surface area contributed by atoms with Crippen molar-refractivity contribution in [2.45, 2.75) is 20.3 Å². The highest BCUT2D eigenvalue weighted by molar-refractivity contribution is 7.98. The van der Waals surface area contributed by atoms with Gasteiger partial charge in [-0.3, -0.25) is 0 Å². The zero-order chi connectivity index (χ0) is 12.8. The molecule has 1 aromatic rings. The minimum absolute atomic E-state index is 0.859. The van der Waals surface area contributed by atoms with E-state index >= 15 is 0 Å². The Bertz CT molecular complexity index is 368. The fraction of sp³-hybridized carbons (Fsp3) is 0.667. The molecular formula is C12H22N4S. The van der Waals surface area contributed by atoms with Gasteiger partial charge in [-0.1, -0.05) is 6.92 Å². The summed E-state index contributed by atoms with van der Waals surface area (Å²) in [5.74, 6) is 3.97. The standard InChI is InChI=1S/C12H22N4S/c1-6-10-14-11(13-3)9(2)12(15-10)16(4)7-8-17-5/h6-8H2,1-5H3,(H,13,14,15). The molecule has 0 fully saturated rings. The van der Waals surface area contributed by atoms with E-state index in [4.69, 9.17) is 0 Å². The number of hydrogen-bond donors (Lipinski definition) is 1. The summed E-state index contributed by atoms with van der Waals surface area (Å²) in [4.78, 5) is 11.3. The number of rotatable bonds is 6. The SMILES string of the molecule is CCc1nc(NC)c(C)c(N(C)CCSC)n1. The van der Waals surface area contributed by atoms with Crippen LogP contribution in [0.15, 0.2) is 0 Å². The number of nitrogens with one attached hydrogen (secondary N) is 1. The molecule has 0 saturated heterocycles. The molecule has 1 aromatic heterocycles. The maximum Gasteiger partial charge on any atom is 0.137 e. The second-order valence-electron chi connectivity index (χ2n) is 3.95. The van der Waals surface area contributed by atoms with E-state index in [0.717, 1.165) is 41.7 Å². The van der Waals surface area contributed by atoms with Crippen LogP contribution in [0.4, 0.5) is 11.6 Å². The van der Waals surface area contributed by atoms with Crippen LogP contribution >= 0.6 is 11.8 Å². The normalized spacial score (nSPS) is 10.4. The molecule has 0 aliphatic rings. The smallest absolute Gasteiger partial charge is 0.137 e. The topological polar surface area (TPSA) is 41.1 Å². The highest BCUT2D eigenvalue weighted by Crippen LogP contribution is 2.22. The van der Waals surface area contributed by atoms with Crippen LogP contribution in [0.3, 0.4) is 0 Å². The Kier molecular flexibility index (Phi) is 5.55. The van der Waals surface area contributed by atoms with Crippen molar-refractivity contribution in [3.63, 3.8) is 0 Å². The first kappa shape index (κ1) is 14.1. The molecule has 0 atom stereocenters. The van der Waals surface area contributed by atoms with Gasteiger partial charge in [0.15, 0.2) is 0 Å². The molecule has 96 valence electrons. The number of aryl methyl sites for hydroxylation is 1. The lowest BCUT2D eigenvalue weighted by molar-refractivity contribution is 0.875. The molecule has 0 radical (unpaired) electrons. The monoisotopic (exact) mass is 254 g/mol. The van der Waals surface area contributed by atoms with Gasteiger partial charge in [0.05, 0.1) is 0 Å². The Morgan fingerprint density at radius 2 is 2.06 bits per heavy atom. The number of nitrogens with zero attached hydrogens (tertiary/aromatic N) is 3. The third kappa shape index (κ3) is 3.49. The lowest BCUT2D eigenvalue weighted by Crippen LogP contribution is -2.23. The Balaban J connectivity index is 3.03. The predicted octanol–water partition coefficient (Wildman–Crippen LogP) is 2.19. The average molecular weight is 254 g/mol. The lowest BCUT2D eigenvalue weighted by atomic mass is 10.2. The molecule has 1 rings (SSSR count). The third-order valence-corrected chi connectivity index (χ3v) is 3.30. The van der Waals surface area contributed by atoms with E-state index < -0.39 is 0 Å². The van der Waals surface area contributed by atoms with Crippen molar-refractivity contribution >= 4 is 23.4 Å². The second kappa shape index (κ2) is 6.69. The summed E-state index contributed by atoms with van der Waals surface area (Å²) >= 11 is 1.85. The number of aromatic nitrogens is 2. The first-order valence-electron chi connectivity index (χ1n) is 5.89. The van der Waals surface area contributed by atoms with Gasteiger partial charge < -0.3 is 10.2 Å². The van der Waals surface area contributed by atoms with Crippen molar-refractivity contribution in [3.05, 3.63) is 11.4 Å². The van der Waals surface area contributed by atoms with Crippen molar-refractivity contribution in [1.29, 1.82) is 0 Å². The molecule has 1 heterocycles. The summed E-state index contributed by atoms with van der Waals surface area (Å²) in [5.41, 5.74) is 1.12. The van der Waals surface area contributed by atoms with Crippen LogP contribution in [0, 0.1) is 6.92 Å². The first-order chi connectivity index (χ1) is 8.13. The molecule has 0 saturated carbocycles. The Labute approximate surface area is 108 Å².